The smallest absolute Gasteiger partial charge is 0.163 e. The van der Waals surface area contributed by atoms with E-state index in [9.17, 15) is 5.11 Å². The van der Waals surface area contributed by atoms with Crippen molar-refractivity contribution in [3.63, 3.8) is 0 Å². The van der Waals surface area contributed by atoms with Gasteiger partial charge >= 0.3 is 0 Å². The predicted octanol–water partition coefficient (Wildman–Crippen LogP) is 6.98. The number of aliphatic hydroxyl groups is 1. The lowest BCUT2D eigenvalue weighted by molar-refractivity contribution is 0.237. The summed E-state index contributed by atoms with van der Waals surface area (Å²) >= 11 is 0. The Bertz CT molecular complexity index is 1130. The fraction of sp³-hybridized carbons (Fsp3) is 0.345. The van der Waals surface area contributed by atoms with Gasteiger partial charge in [-0.05, 0) is 101 Å². The van der Waals surface area contributed by atoms with Crippen molar-refractivity contribution >= 4 is 5.71 Å². The van der Waals surface area contributed by atoms with Crippen LogP contribution in [0.1, 0.15) is 67.3 Å². The zero-order chi connectivity index (χ0) is 23.7. The summed E-state index contributed by atoms with van der Waals surface area (Å²) in [5, 5.41) is 16.3. The second-order valence-corrected chi connectivity index (χ2v) is 9.28. The molecule has 3 nitrogen and oxygen atoms in total. The first-order valence-electron chi connectivity index (χ1n) is 11.2. The van der Waals surface area contributed by atoms with E-state index in [0.29, 0.717) is 5.71 Å². The van der Waals surface area contributed by atoms with Crippen molar-refractivity contribution in [2.45, 2.75) is 68.4 Å². The molecule has 1 unspecified atom stereocenters. The number of aliphatic hydroxyl groups excluding tert-OH is 1. The molecule has 0 saturated heterocycles. The number of rotatable bonds is 5. The number of aryl methyl sites for hydroxylation is 9. The number of benzene rings is 3. The quantitative estimate of drug-likeness (QED) is 0.351. The zero-order valence-electron chi connectivity index (χ0n) is 20.8. The highest BCUT2D eigenvalue weighted by molar-refractivity contribution is 6.06. The van der Waals surface area contributed by atoms with Gasteiger partial charge in [-0.25, -0.2) is 0 Å². The van der Waals surface area contributed by atoms with E-state index >= 15 is 0 Å². The van der Waals surface area contributed by atoms with Crippen LogP contribution in [0.5, 0.6) is 5.75 Å². The second kappa shape index (κ2) is 9.30. The van der Waals surface area contributed by atoms with Crippen LogP contribution in [0.2, 0.25) is 0 Å². The number of nitrogens with zero attached hydrogens (tertiary/aromatic N) is 1. The van der Waals surface area contributed by atoms with Crippen molar-refractivity contribution in [2.24, 2.45) is 5.16 Å². The molecule has 3 aromatic rings. The van der Waals surface area contributed by atoms with Gasteiger partial charge in [-0.1, -0.05) is 58.2 Å². The third-order valence-corrected chi connectivity index (χ3v) is 6.04. The van der Waals surface area contributed by atoms with Crippen molar-refractivity contribution in [1.29, 1.82) is 0 Å². The predicted molar refractivity (Wildman–Crippen MR) is 134 cm³/mol. The van der Waals surface area contributed by atoms with Crippen LogP contribution in [0, 0.1) is 62.3 Å². The van der Waals surface area contributed by atoms with Gasteiger partial charge in [-0.3, -0.25) is 0 Å². The molecule has 0 aliphatic carbocycles. The topological polar surface area (TPSA) is 41.8 Å². The van der Waals surface area contributed by atoms with E-state index in [1.54, 1.807) is 0 Å². The van der Waals surface area contributed by atoms with E-state index in [1.165, 1.54) is 16.7 Å². The summed E-state index contributed by atoms with van der Waals surface area (Å²) in [5.41, 5.74) is 12.2. The second-order valence-electron chi connectivity index (χ2n) is 9.28. The average Bonchev–Trinajstić information content (AvgIpc) is 2.63. The van der Waals surface area contributed by atoms with Crippen LogP contribution < -0.4 is 4.84 Å². The van der Waals surface area contributed by atoms with Gasteiger partial charge in [0.15, 0.2) is 5.75 Å². The van der Waals surface area contributed by atoms with Crippen molar-refractivity contribution in [1.82, 2.24) is 0 Å². The molecule has 32 heavy (non-hydrogen) atoms. The van der Waals surface area contributed by atoms with Crippen molar-refractivity contribution in [2.75, 3.05) is 0 Å². The molecule has 0 radical (unpaired) electrons. The highest BCUT2D eigenvalue weighted by atomic mass is 16.6. The average molecular weight is 430 g/mol. The molecule has 0 spiro atoms. The highest BCUT2D eigenvalue weighted by Crippen LogP contribution is 2.31. The van der Waals surface area contributed by atoms with Crippen LogP contribution in [0.25, 0.3) is 0 Å². The van der Waals surface area contributed by atoms with Gasteiger partial charge in [0.2, 0.25) is 0 Å². The normalized spacial score (nSPS) is 12.8. The van der Waals surface area contributed by atoms with Gasteiger partial charge in [0.05, 0.1) is 0 Å². The van der Waals surface area contributed by atoms with Crippen LogP contribution in [0.4, 0.5) is 0 Å². The fourth-order valence-electron chi connectivity index (χ4n) is 4.98. The Kier molecular flexibility index (Phi) is 6.90. The van der Waals surface area contributed by atoms with E-state index in [1.807, 2.05) is 27.7 Å². The van der Waals surface area contributed by atoms with Crippen LogP contribution in [0.15, 0.2) is 41.6 Å². The SMILES string of the molecule is Cc1cc(C)c(ON=C(c2c(C)cc(C)cc2C)C(O)c2c(C)cc(C)cc2C)c(C)c1. The molecule has 0 bridgehead atoms. The van der Waals surface area contributed by atoms with Gasteiger partial charge in [0.1, 0.15) is 11.8 Å². The first-order chi connectivity index (χ1) is 15.0. The summed E-state index contributed by atoms with van der Waals surface area (Å²) in [6, 6.07) is 12.6. The maximum atomic E-state index is 11.7. The Balaban J connectivity index is 2.21. The number of hydrogen-bond donors (Lipinski definition) is 1. The molecule has 0 amide bonds. The van der Waals surface area contributed by atoms with E-state index in [-0.39, 0.29) is 0 Å². The Hall–Kier alpha value is -2.91. The molecule has 0 aliphatic heterocycles. The summed E-state index contributed by atoms with van der Waals surface area (Å²) in [4.78, 5) is 6.05. The molecule has 0 saturated carbocycles. The Morgan fingerprint density at radius 3 is 1.44 bits per heavy atom. The van der Waals surface area contributed by atoms with E-state index in [4.69, 9.17) is 4.84 Å². The van der Waals surface area contributed by atoms with Crippen molar-refractivity contribution in [3.8, 4) is 5.75 Å². The third-order valence-electron chi connectivity index (χ3n) is 6.04. The van der Waals surface area contributed by atoms with Gasteiger partial charge in [0, 0.05) is 5.56 Å². The van der Waals surface area contributed by atoms with Crippen LogP contribution in [-0.4, -0.2) is 10.8 Å². The van der Waals surface area contributed by atoms with E-state index in [2.05, 4.69) is 76.2 Å². The zero-order valence-corrected chi connectivity index (χ0v) is 20.8. The Morgan fingerprint density at radius 2 is 1.00 bits per heavy atom. The summed E-state index contributed by atoms with van der Waals surface area (Å²) in [6.07, 6.45) is -0.901. The van der Waals surface area contributed by atoms with Crippen LogP contribution in [-0.2, 0) is 0 Å². The lowest BCUT2D eigenvalue weighted by atomic mass is 9.87. The summed E-state index contributed by atoms with van der Waals surface area (Å²) in [5.74, 6) is 0.736. The molecule has 1 N–H and O–H groups in total. The maximum absolute atomic E-state index is 11.7. The molecule has 168 valence electrons. The van der Waals surface area contributed by atoms with E-state index < -0.39 is 6.10 Å². The largest absolute Gasteiger partial charge is 0.382 e. The Labute approximate surface area is 192 Å². The highest BCUT2D eigenvalue weighted by Gasteiger charge is 2.25. The van der Waals surface area contributed by atoms with Crippen molar-refractivity contribution in [3.05, 3.63) is 97.6 Å². The van der Waals surface area contributed by atoms with Gasteiger partial charge in [-0.15, -0.1) is 0 Å². The molecule has 3 heteroatoms. The maximum Gasteiger partial charge on any atom is 0.163 e. The standard InChI is InChI=1S/C29H35NO2/c1-16-10-19(4)25(20(5)11-16)27(28(31)26-21(6)12-17(2)13-22(26)7)30-32-29-23(8)14-18(3)15-24(29)9/h10-15,28,31H,1-9H3. The molecule has 0 aliphatic rings. The number of hydrogen-bond acceptors (Lipinski definition) is 3. The first-order valence-corrected chi connectivity index (χ1v) is 11.2. The van der Waals surface area contributed by atoms with Gasteiger partial charge < -0.3 is 9.94 Å². The van der Waals surface area contributed by atoms with Gasteiger partial charge in [-0.2, -0.15) is 0 Å². The van der Waals surface area contributed by atoms with E-state index in [0.717, 1.165) is 50.3 Å². The lowest BCUT2D eigenvalue weighted by Crippen LogP contribution is -2.20. The van der Waals surface area contributed by atoms with Gasteiger partial charge in [0.25, 0.3) is 0 Å². The summed E-state index contributed by atoms with van der Waals surface area (Å²) in [7, 11) is 0. The Morgan fingerprint density at radius 1 is 0.625 bits per heavy atom. The molecular weight excluding hydrogens is 394 g/mol. The summed E-state index contributed by atoms with van der Waals surface area (Å²) in [6.45, 7) is 18.5. The molecule has 1 atom stereocenters. The molecule has 0 fully saturated rings. The van der Waals surface area contributed by atoms with Crippen LogP contribution >= 0.6 is 0 Å². The minimum absolute atomic E-state index is 0.537. The third kappa shape index (κ3) is 4.78. The molecule has 0 aromatic heterocycles. The monoisotopic (exact) mass is 429 g/mol. The fourth-order valence-corrected chi connectivity index (χ4v) is 4.98. The molecular formula is C29H35NO2. The molecule has 3 rings (SSSR count). The van der Waals surface area contributed by atoms with Crippen LogP contribution in [0.3, 0.4) is 0 Å². The van der Waals surface area contributed by atoms with Crippen molar-refractivity contribution < 1.29 is 9.94 Å². The minimum Gasteiger partial charge on any atom is -0.382 e. The minimum atomic E-state index is -0.901. The summed E-state index contributed by atoms with van der Waals surface area (Å²) < 4.78 is 0. The first kappa shape index (κ1) is 23.7. The molecule has 3 aromatic carbocycles. The molecule has 0 heterocycles. The number of oxime groups is 1. The lowest BCUT2D eigenvalue weighted by Gasteiger charge is -2.22.